The number of nitrogens with one attached hydrogen (secondary N) is 1. The van der Waals surface area contributed by atoms with Crippen LogP contribution in [0, 0.1) is 22.7 Å². The summed E-state index contributed by atoms with van der Waals surface area (Å²) >= 11 is 13.0. The molecule has 1 aliphatic carbocycles. The van der Waals surface area contributed by atoms with E-state index < -0.39 is 0 Å². The van der Waals surface area contributed by atoms with Crippen LogP contribution in [0.5, 0.6) is 17.2 Å². The molecule has 10 heteroatoms. The molecule has 41 heavy (non-hydrogen) atoms. The molecule has 3 aliphatic rings. The van der Waals surface area contributed by atoms with Gasteiger partial charge in [0.15, 0.2) is 11.5 Å². The number of methoxy groups -OCH3 is 1. The van der Waals surface area contributed by atoms with E-state index in [-0.39, 0.29) is 0 Å². The summed E-state index contributed by atoms with van der Waals surface area (Å²) in [5.41, 5.74) is 2.64. The Morgan fingerprint density at radius 3 is 2.56 bits per heavy atom. The van der Waals surface area contributed by atoms with Crippen molar-refractivity contribution in [3.63, 3.8) is 0 Å². The maximum absolute atomic E-state index is 9.88. The fraction of sp³-hybridized carbons (Fsp3) is 0.484. The van der Waals surface area contributed by atoms with Crippen LogP contribution in [-0.2, 0) is 4.74 Å². The zero-order chi connectivity index (χ0) is 28.4. The van der Waals surface area contributed by atoms with Crippen LogP contribution in [0.1, 0.15) is 37.7 Å². The van der Waals surface area contributed by atoms with E-state index in [0.717, 1.165) is 39.3 Å². The van der Waals surface area contributed by atoms with Crippen molar-refractivity contribution >= 4 is 45.5 Å². The predicted octanol–water partition coefficient (Wildman–Crippen LogP) is 6.84. The van der Waals surface area contributed by atoms with Gasteiger partial charge in [-0.05, 0) is 63.2 Å². The van der Waals surface area contributed by atoms with Crippen molar-refractivity contribution < 1.29 is 18.9 Å². The molecule has 1 aromatic heterocycles. The lowest BCUT2D eigenvalue weighted by atomic mass is 9.77. The molecule has 8 nitrogen and oxygen atoms in total. The molecule has 0 bridgehead atoms. The van der Waals surface area contributed by atoms with Gasteiger partial charge >= 0.3 is 0 Å². The number of ether oxygens (including phenoxy) is 4. The highest BCUT2D eigenvalue weighted by molar-refractivity contribution is 6.37. The van der Waals surface area contributed by atoms with E-state index in [9.17, 15) is 5.26 Å². The fourth-order valence-corrected chi connectivity index (χ4v) is 5.94. The van der Waals surface area contributed by atoms with E-state index in [0.29, 0.717) is 79.7 Å². The van der Waals surface area contributed by atoms with E-state index in [1.165, 1.54) is 25.7 Å². The molecule has 0 radical (unpaired) electrons. The summed E-state index contributed by atoms with van der Waals surface area (Å²) in [5, 5.41) is 14.8. The van der Waals surface area contributed by atoms with Crippen molar-refractivity contribution in [1.29, 1.82) is 5.26 Å². The highest BCUT2D eigenvalue weighted by Crippen LogP contribution is 2.42. The second kappa shape index (κ2) is 12.1. The minimum atomic E-state index is 0.372. The summed E-state index contributed by atoms with van der Waals surface area (Å²) in [7, 11) is 1.61. The molecule has 1 saturated carbocycles. The summed E-state index contributed by atoms with van der Waals surface area (Å²) in [6.07, 6.45) is 7.25. The van der Waals surface area contributed by atoms with E-state index in [1.807, 2.05) is 12.1 Å². The Hall–Kier alpha value is -2.96. The maximum atomic E-state index is 9.88. The fourth-order valence-electron chi connectivity index (χ4n) is 5.45. The first kappa shape index (κ1) is 28.2. The number of likely N-dealkylation sites (tertiary alicyclic amines) is 1. The second-order valence-electron chi connectivity index (χ2n) is 11.4. The van der Waals surface area contributed by atoms with Crippen LogP contribution in [-0.4, -0.2) is 63.1 Å². The largest absolute Gasteiger partial charge is 0.493 e. The normalized spacial score (nSPS) is 18.1. The minimum absolute atomic E-state index is 0.372. The Balaban J connectivity index is 1.17. The van der Waals surface area contributed by atoms with Crippen LogP contribution in [0.15, 0.2) is 30.5 Å². The molecule has 0 atom stereocenters. The van der Waals surface area contributed by atoms with Gasteiger partial charge in [-0.1, -0.05) is 23.2 Å². The molecule has 2 aromatic carbocycles. The minimum Gasteiger partial charge on any atom is -0.493 e. The van der Waals surface area contributed by atoms with Gasteiger partial charge in [-0.3, -0.25) is 4.98 Å². The summed E-state index contributed by atoms with van der Waals surface area (Å²) in [5.74, 6) is 2.32. The number of benzene rings is 2. The predicted molar refractivity (Wildman–Crippen MR) is 160 cm³/mol. The first-order chi connectivity index (χ1) is 20.0. The molecule has 1 N–H and O–H groups in total. The number of aromatic nitrogens is 1. The van der Waals surface area contributed by atoms with Crippen LogP contribution < -0.4 is 19.5 Å². The SMILES string of the molecule is COc1cc2c(Nc3cc(OCC4CC4)c(Cl)cc3Cl)c(C#N)cnc2cc1OCCCN1CCC2(CC1)COC2. The lowest BCUT2D eigenvalue weighted by Gasteiger charge is -2.47. The Bertz CT molecular complexity index is 1460. The molecule has 3 aromatic rings. The van der Waals surface area contributed by atoms with Gasteiger partial charge in [0.1, 0.15) is 11.8 Å². The quantitative estimate of drug-likeness (QED) is 0.241. The number of anilines is 2. The first-order valence-electron chi connectivity index (χ1n) is 14.2. The van der Waals surface area contributed by atoms with E-state index >= 15 is 0 Å². The van der Waals surface area contributed by atoms with Gasteiger partial charge in [0.25, 0.3) is 0 Å². The third-order valence-corrected chi connectivity index (χ3v) is 8.94. The van der Waals surface area contributed by atoms with Crippen molar-refractivity contribution in [2.45, 2.75) is 32.1 Å². The van der Waals surface area contributed by atoms with Crippen molar-refractivity contribution in [3.05, 3.63) is 46.1 Å². The third kappa shape index (κ3) is 6.29. The molecular weight excluding hydrogens is 563 g/mol. The Kier molecular flexibility index (Phi) is 8.32. The lowest BCUT2D eigenvalue weighted by molar-refractivity contribution is -0.139. The van der Waals surface area contributed by atoms with Crippen molar-refractivity contribution in [2.75, 3.05) is 58.5 Å². The average molecular weight is 598 g/mol. The molecule has 6 rings (SSSR count). The molecule has 2 saturated heterocycles. The average Bonchev–Trinajstić information content (AvgIpc) is 3.80. The summed E-state index contributed by atoms with van der Waals surface area (Å²) in [6, 6.07) is 9.36. The molecule has 0 unspecified atom stereocenters. The van der Waals surface area contributed by atoms with Crippen LogP contribution in [0.4, 0.5) is 11.4 Å². The van der Waals surface area contributed by atoms with E-state index in [2.05, 4.69) is 21.3 Å². The van der Waals surface area contributed by atoms with Crippen LogP contribution >= 0.6 is 23.2 Å². The number of hydrogen-bond acceptors (Lipinski definition) is 8. The summed E-state index contributed by atoms with van der Waals surface area (Å²) < 4.78 is 23.2. The van der Waals surface area contributed by atoms with Crippen molar-refractivity contribution in [2.24, 2.45) is 11.3 Å². The zero-order valence-electron chi connectivity index (χ0n) is 23.2. The van der Waals surface area contributed by atoms with Gasteiger partial charge in [-0.15, -0.1) is 0 Å². The molecule has 3 fully saturated rings. The molecule has 1 spiro atoms. The standard InChI is InChI=1S/C31H34Cl2N4O4/c1-38-28-11-22-25(13-29(28)40-10-2-7-37-8-5-31(6-9-37)18-39-19-31)35-16-21(15-34)30(22)36-26-14-27(24(33)12-23(26)32)41-17-20-3-4-20/h11-14,16,20H,2-10,17-19H2,1H3,(H,35,36). The van der Waals surface area contributed by atoms with E-state index in [4.69, 9.17) is 42.1 Å². The van der Waals surface area contributed by atoms with Crippen LogP contribution in [0.2, 0.25) is 10.0 Å². The molecule has 2 aliphatic heterocycles. The maximum Gasteiger partial charge on any atom is 0.163 e. The van der Waals surface area contributed by atoms with Gasteiger partial charge in [0.05, 0.1) is 66.0 Å². The first-order valence-corrected chi connectivity index (χ1v) is 15.0. The van der Waals surface area contributed by atoms with Gasteiger partial charge < -0.3 is 29.2 Å². The van der Waals surface area contributed by atoms with Crippen molar-refractivity contribution in [3.8, 4) is 23.3 Å². The second-order valence-corrected chi connectivity index (χ2v) is 12.2. The number of rotatable bonds is 11. The number of piperidine rings is 1. The molecule has 3 heterocycles. The van der Waals surface area contributed by atoms with Crippen molar-refractivity contribution in [1.82, 2.24) is 9.88 Å². The van der Waals surface area contributed by atoms with E-state index in [1.54, 1.807) is 25.4 Å². The number of pyridine rings is 1. The van der Waals surface area contributed by atoms with Gasteiger partial charge in [0, 0.05) is 35.7 Å². The zero-order valence-corrected chi connectivity index (χ0v) is 24.7. The molecule has 216 valence electrons. The highest BCUT2D eigenvalue weighted by atomic mass is 35.5. The Morgan fingerprint density at radius 1 is 1.07 bits per heavy atom. The number of halogens is 2. The summed E-state index contributed by atoms with van der Waals surface area (Å²) in [4.78, 5) is 7.05. The number of fused-ring (bicyclic) bond motifs is 1. The Morgan fingerprint density at radius 2 is 1.88 bits per heavy atom. The Labute approximate surface area is 250 Å². The summed E-state index contributed by atoms with van der Waals surface area (Å²) in [6.45, 7) is 6.28. The number of nitrogens with zero attached hydrogens (tertiary/aromatic N) is 3. The third-order valence-electron chi connectivity index (χ3n) is 8.34. The van der Waals surface area contributed by atoms with Gasteiger partial charge in [0.2, 0.25) is 0 Å². The van der Waals surface area contributed by atoms with Crippen LogP contribution in [0.25, 0.3) is 10.9 Å². The molecule has 0 amide bonds. The number of nitriles is 1. The van der Waals surface area contributed by atoms with Crippen LogP contribution in [0.3, 0.4) is 0 Å². The topological polar surface area (TPSA) is 88.9 Å². The molecular formula is C31H34Cl2N4O4. The van der Waals surface area contributed by atoms with Gasteiger partial charge in [-0.2, -0.15) is 5.26 Å². The van der Waals surface area contributed by atoms with Gasteiger partial charge in [-0.25, -0.2) is 0 Å². The highest BCUT2D eigenvalue weighted by Gasteiger charge is 2.40. The number of hydrogen-bond donors (Lipinski definition) is 1. The monoisotopic (exact) mass is 596 g/mol. The lowest BCUT2D eigenvalue weighted by Crippen LogP contribution is -2.51. The smallest absolute Gasteiger partial charge is 0.163 e.